The monoisotopic (exact) mass is 343 g/mol. The van der Waals surface area contributed by atoms with Crippen molar-refractivity contribution in [2.24, 2.45) is 5.92 Å². The van der Waals surface area contributed by atoms with Crippen molar-refractivity contribution in [2.45, 2.75) is 19.4 Å². The number of amides is 1. The Morgan fingerprint density at radius 2 is 1.80 bits per heavy atom. The van der Waals surface area contributed by atoms with Crippen LogP contribution in [0.5, 0.6) is 5.75 Å². The van der Waals surface area contributed by atoms with Gasteiger partial charge in [0.05, 0.1) is 6.61 Å². The molecule has 1 amide bonds. The van der Waals surface area contributed by atoms with E-state index in [1.54, 1.807) is 0 Å². The fourth-order valence-electron chi connectivity index (χ4n) is 3.11. The first kappa shape index (κ1) is 17.4. The molecule has 0 radical (unpaired) electrons. The molecule has 0 aromatic heterocycles. The molecule has 132 valence electrons. The van der Waals surface area contributed by atoms with Crippen molar-refractivity contribution in [3.8, 4) is 5.75 Å². The van der Waals surface area contributed by atoms with Crippen molar-refractivity contribution >= 4 is 5.91 Å². The molecule has 2 aromatic carbocycles. The molecule has 25 heavy (non-hydrogen) atoms. The van der Waals surface area contributed by atoms with Gasteiger partial charge in [0, 0.05) is 13.1 Å². The molecule has 0 saturated carbocycles. The number of nitrogens with zero attached hydrogens (tertiary/aromatic N) is 1. The molecule has 0 aliphatic carbocycles. The first-order valence-corrected chi connectivity index (χ1v) is 8.49. The Hall–Kier alpha value is -2.40. The maximum atomic E-state index is 12.9. The van der Waals surface area contributed by atoms with E-state index in [4.69, 9.17) is 9.84 Å². The second-order valence-electron chi connectivity index (χ2n) is 6.42. The number of benzene rings is 2. The minimum Gasteiger partial charge on any atom is -0.484 e. The Labute approximate surface area is 146 Å². The van der Waals surface area contributed by atoms with Crippen LogP contribution >= 0.6 is 0 Å². The van der Waals surface area contributed by atoms with Crippen LogP contribution in [0.4, 0.5) is 4.39 Å². The van der Waals surface area contributed by atoms with Crippen molar-refractivity contribution in [2.75, 3.05) is 19.7 Å². The zero-order valence-electron chi connectivity index (χ0n) is 14.0. The summed E-state index contributed by atoms with van der Waals surface area (Å²) in [5.74, 6) is 0.569. The van der Waals surface area contributed by atoms with E-state index >= 15 is 0 Å². The summed E-state index contributed by atoms with van der Waals surface area (Å²) in [7, 11) is 0. The molecule has 2 aromatic rings. The van der Waals surface area contributed by atoms with Gasteiger partial charge in [-0.25, -0.2) is 4.39 Å². The smallest absolute Gasteiger partial charge is 0.260 e. The number of aliphatic hydroxyl groups excluding tert-OH is 1. The molecule has 0 spiro atoms. The predicted molar refractivity (Wildman–Crippen MR) is 92.7 cm³/mol. The van der Waals surface area contributed by atoms with E-state index < -0.39 is 0 Å². The van der Waals surface area contributed by atoms with Gasteiger partial charge < -0.3 is 14.7 Å². The maximum absolute atomic E-state index is 12.9. The average Bonchev–Trinajstić information content (AvgIpc) is 3.10. The van der Waals surface area contributed by atoms with Crippen molar-refractivity contribution < 1.29 is 19.0 Å². The number of carbonyl (C=O) groups excluding carboxylic acids is 1. The Morgan fingerprint density at radius 3 is 2.48 bits per heavy atom. The van der Waals surface area contributed by atoms with Gasteiger partial charge in [0.15, 0.2) is 6.61 Å². The van der Waals surface area contributed by atoms with Crippen LogP contribution in [0.3, 0.4) is 0 Å². The zero-order valence-corrected chi connectivity index (χ0v) is 14.0. The molecule has 0 bridgehead atoms. The molecular weight excluding hydrogens is 321 g/mol. The van der Waals surface area contributed by atoms with Crippen LogP contribution in [0.1, 0.15) is 17.5 Å². The van der Waals surface area contributed by atoms with E-state index in [9.17, 15) is 9.18 Å². The van der Waals surface area contributed by atoms with Crippen LogP contribution in [-0.2, 0) is 17.8 Å². The van der Waals surface area contributed by atoms with Gasteiger partial charge in [-0.1, -0.05) is 24.3 Å². The van der Waals surface area contributed by atoms with E-state index in [0.29, 0.717) is 11.7 Å². The topological polar surface area (TPSA) is 49.8 Å². The quantitative estimate of drug-likeness (QED) is 0.877. The Morgan fingerprint density at radius 1 is 1.12 bits per heavy atom. The number of hydrogen-bond acceptors (Lipinski definition) is 3. The SMILES string of the molecule is O=C(COc1ccc(F)cc1)N1CC[C@@H](Cc2ccc(CO)cc2)C1. The van der Waals surface area contributed by atoms with Crippen molar-refractivity contribution in [3.05, 3.63) is 65.5 Å². The summed E-state index contributed by atoms with van der Waals surface area (Å²) in [6.07, 6.45) is 1.90. The van der Waals surface area contributed by atoms with Crippen LogP contribution in [0.15, 0.2) is 48.5 Å². The number of aliphatic hydroxyl groups is 1. The number of halogens is 1. The summed E-state index contributed by atoms with van der Waals surface area (Å²) in [6.45, 7) is 1.50. The minimum absolute atomic E-state index is 0.0243. The molecule has 1 heterocycles. The second kappa shape index (κ2) is 8.12. The van der Waals surface area contributed by atoms with Crippen molar-refractivity contribution in [3.63, 3.8) is 0 Å². The van der Waals surface area contributed by atoms with E-state index in [-0.39, 0.29) is 24.9 Å². The second-order valence-corrected chi connectivity index (χ2v) is 6.42. The van der Waals surface area contributed by atoms with Gasteiger partial charge in [0.25, 0.3) is 5.91 Å². The number of rotatable bonds is 6. The third-order valence-corrected chi connectivity index (χ3v) is 4.54. The molecule has 0 unspecified atom stereocenters. The summed E-state index contributed by atoms with van der Waals surface area (Å²) in [6, 6.07) is 13.6. The number of likely N-dealkylation sites (tertiary alicyclic amines) is 1. The molecule has 4 nitrogen and oxygen atoms in total. The highest BCUT2D eigenvalue weighted by molar-refractivity contribution is 5.78. The molecule has 1 N–H and O–H groups in total. The van der Waals surface area contributed by atoms with Gasteiger partial charge in [0.1, 0.15) is 11.6 Å². The van der Waals surface area contributed by atoms with E-state index in [1.165, 1.54) is 29.8 Å². The van der Waals surface area contributed by atoms with E-state index in [1.807, 2.05) is 29.2 Å². The maximum Gasteiger partial charge on any atom is 0.260 e. The fourth-order valence-corrected chi connectivity index (χ4v) is 3.11. The largest absolute Gasteiger partial charge is 0.484 e. The number of carbonyl (C=O) groups is 1. The minimum atomic E-state index is -0.326. The summed E-state index contributed by atoms with van der Waals surface area (Å²) < 4.78 is 18.3. The lowest BCUT2D eigenvalue weighted by Crippen LogP contribution is -2.33. The molecule has 3 rings (SSSR count). The third-order valence-electron chi connectivity index (χ3n) is 4.54. The van der Waals surface area contributed by atoms with E-state index in [0.717, 1.165) is 31.5 Å². The van der Waals surface area contributed by atoms with Gasteiger partial charge in [-0.2, -0.15) is 0 Å². The third kappa shape index (κ3) is 4.79. The normalized spacial score (nSPS) is 16.9. The van der Waals surface area contributed by atoms with E-state index in [2.05, 4.69) is 0 Å². The van der Waals surface area contributed by atoms with Crippen LogP contribution in [0.25, 0.3) is 0 Å². The van der Waals surface area contributed by atoms with Gasteiger partial charge in [-0.15, -0.1) is 0 Å². The molecule has 1 aliphatic rings. The van der Waals surface area contributed by atoms with Crippen LogP contribution in [0.2, 0.25) is 0 Å². The summed E-state index contributed by atoms with van der Waals surface area (Å²) in [5.41, 5.74) is 2.13. The molecular formula is C20H22FNO3. The Balaban J connectivity index is 1.46. The van der Waals surface area contributed by atoms with Crippen molar-refractivity contribution in [1.29, 1.82) is 0 Å². The molecule has 1 atom stereocenters. The van der Waals surface area contributed by atoms with Crippen LogP contribution in [0, 0.1) is 11.7 Å². The van der Waals surface area contributed by atoms with Crippen LogP contribution in [-0.4, -0.2) is 35.6 Å². The van der Waals surface area contributed by atoms with Gasteiger partial charge in [-0.05, 0) is 54.2 Å². The Bertz CT molecular complexity index is 700. The molecule has 5 heteroatoms. The lowest BCUT2D eigenvalue weighted by atomic mass is 9.98. The average molecular weight is 343 g/mol. The Kier molecular flexibility index (Phi) is 5.66. The molecule has 1 aliphatic heterocycles. The lowest BCUT2D eigenvalue weighted by Gasteiger charge is -2.17. The summed E-state index contributed by atoms with van der Waals surface area (Å²) >= 11 is 0. The van der Waals surface area contributed by atoms with Gasteiger partial charge in [0.2, 0.25) is 0 Å². The first-order valence-electron chi connectivity index (χ1n) is 8.49. The van der Waals surface area contributed by atoms with Crippen molar-refractivity contribution in [1.82, 2.24) is 4.90 Å². The summed E-state index contributed by atoms with van der Waals surface area (Å²) in [5, 5.41) is 9.08. The number of ether oxygens (including phenoxy) is 1. The lowest BCUT2D eigenvalue weighted by molar-refractivity contribution is -0.132. The van der Waals surface area contributed by atoms with Gasteiger partial charge >= 0.3 is 0 Å². The molecule has 1 fully saturated rings. The number of hydrogen-bond donors (Lipinski definition) is 1. The standard InChI is InChI=1S/C20H22FNO3/c21-18-5-7-19(8-6-18)25-14-20(24)22-10-9-17(12-22)11-15-1-3-16(13-23)4-2-15/h1-8,17,23H,9-14H2/t17-/m0/s1. The highest BCUT2D eigenvalue weighted by Crippen LogP contribution is 2.21. The highest BCUT2D eigenvalue weighted by atomic mass is 19.1. The fraction of sp³-hybridized carbons (Fsp3) is 0.350. The predicted octanol–water partition coefficient (Wildman–Crippen LogP) is 2.79. The first-order chi connectivity index (χ1) is 12.1. The molecule has 1 saturated heterocycles. The van der Waals surface area contributed by atoms with Gasteiger partial charge in [-0.3, -0.25) is 4.79 Å². The highest BCUT2D eigenvalue weighted by Gasteiger charge is 2.26. The summed E-state index contributed by atoms with van der Waals surface area (Å²) in [4.78, 5) is 14.1. The van der Waals surface area contributed by atoms with Crippen LogP contribution < -0.4 is 4.74 Å². The zero-order chi connectivity index (χ0) is 17.6.